The third-order valence-electron chi connectivity index (χ3n) is 2.84. The first-order valence-corrected chi connectivity index (χ1v) is 10.3. The lowest BCUT2D eigenvalue weighted by molar-refractivity contribution is -0.146. The Morgan fingerprint density at radius 3 is 2.45 bits per heavy atom. The number of carbonyl (C=O) groups is 1. The summed E-state index contributed by atoms with van der Waals surface area (Å²) in [4.78, 5) is 13.6. The van der Waals surface area contributed by atoms with Crippen molar-refractivity contribution in [3.8, 4) is 5.75 Å². The number of rotatable bonds is 7. The lowest BCUT2D eigenvalue weighted by atomic mass is 10.3. The molecule has 0 aliphatic rings. The van der Waals surface area contributed by atoms with Crippen LogP contribution in [-0.4, -0.2) is 52.8 Å². The van der Waals surface area contributed by atoms with E-state index in [1.54, 1.807) is 0 Å². The summed E-state index contributed by atoms with van der Waals surface area (Å²) in [5.41, 5.74) is 0. The Morgan fingerprint density at radius 2 is 1.85 bits per heavy atom. The average Bonchev–Trinajstić information content (AvgIpc) is 2.35. The smallest absolute Gasteiger partial charge is 0.344 e. The topological polar surface area (TPSA) is 38.8 Å². The van der Waals surface area contributed by atoms with Crippen LogP contribution in [-0.2, 0) is 9.53 Å². The van der Waals surface area contributed by atoms with Crippen molar-refractivity contribution in [2.75, 3.05) is 33.9 Å². The lowest BCUT2D eigenvalue weighted by Crippen LogP contribution is -2.39. The van der Waals surface area contributed by atoms with Gasteiger partial charge < -0.3 is 14.4 Å². The van der Waals surface area contributed by atoms with Gasteiger partial charge in [0.25, 0.3) is 0 Å². The minimum Gasteiger partial charge on any atom is -0.482 e. The third-order valence-corrected chi connectivity index (χ3v) is 4.87. The van der Waals surface area contributed by atoms with Gasteiger partial charge in [0.05, 0.1) is 8.07 Å². The van der Waals surface area contributed by atoms with Gasteiger partial charge in [-0.3, -0.25) is 0 Å². The molecule has 0 spiro atoms. The van der Waals surface area contributed by atoms with E-state index in [0.29, 0.717) is 6.61 Å². The maximum Gasteiger partial charge on any atom is 0.344 e. The number of para-hydroxylation sites is 1. The van der Waals surface area contributed by atoms with Gasteiger partial charge in [-0.15, -0.1) is 0 Å². The second-order valence-corrected chi connectivity index (χ2v) is 11.1. The van der Waals surface area contributed by atoms with E-state index in [-0.39, 0.29) is 12.6 Å². The maximum absolute atomic E-state index is 11.6. The lowest BCUT2D eigenvalue weighted by Gasteiger charge is -2.20. The molecule has 0 atom stereocenters. The van der Waals surface area contributed by atoms with Crippen molar-refractivity contribution >= 4 is 19.2 Å². The number of ether oxygens (including phenoxy) is 2. The van der Waals surface area contributed by atoms with Crippen LogP contribution >= 0.6 is 0 Å². The molecule has 1 aromatic rings. The van der Waals surface area contributed by atoms with E-state index in [1.165, 1.54) is 5.19 Å². The van der Waals surface area contributed by atoms with E-state index in [0.717, 1.165) is 12.3 Å². The summed E-state index contributed by atoms with van der Waals surface area (Å²) in [5, 5.41) is 1.22. The molecule has 1 rings (SSSR count). The maximum atomic E-state index is 11.6. The zero-order valence-electron chi connectivity index (χ0n) is 13.1. The van der Waals surface area contributed by atoms with Crippen LogP contribution in [0.3, 0.4) is 0 Å². The van der Waals surface area contributed by atoms with E-state index in [2.05, 4.69) is 25.7 Å². The largest absolute Gasteiger partial charge is 0.482 e. The van der Waals surface area contributed by atoms with Gasteiger partial charge in [0.1, 0.15) is 12.4 Å². The molecule has 5 heteroatoms. The molecule has 4 nitrogen and oxygen atoms in total. The molecule has 0 saturated heterocycles. The molecule has 0 heterocycles. The van der Waals surface area contributed by atoms with Crippen molar-refractivity contribution in [2.45, 2.75) is 19.6 Å². The van der Waals surface area contributed by atoms with Crippen LogP contribution in [0.25, 0.3) is 0 Å². The first-order chi connectivity index (χ1) is 9.30. The summed E-state index contributed by atoms with van der Waals surface area (Å²) < 4.78 is 10.7. The molecule has 1 aromatic carbocycles. The number of benzene rings is 1. The minimum absolute atomic E-state index is 0.0328. The SMILES string of the molecule is CN(C)CCOC(=O)COc1ccccc1[Si](C)(C)C. The van der Waals surface area contributed by atoms with Crippen molar-refractivity contribution < 1.29 is 14.3 Å². The Bertz CT molecular complexity index is 441. The summed E-state index contributed by atoms with van der Waals surface area (Å²) >= 11 is 0. The van der Waals surface area contributed by atoms with Crippen LogP contribution in [0, 0.1) is 0 Å². The van der Waals surface area contributed by atoms with Gasteiger partial charge in [0, 0.05) is 6.54 Å². The molecule has 0 aliphatic heterocycles. The summed E-state index contributed by atoms with van der Waals surface area (Å²) in [6.45, 7) is 7.84. The number of likely N-dealkylation sites (N-methyl/N-ethyl adjacent to an activating group) is 1. The Morgan fingerprint density at radius 1 is 1.20 bits per heavy atom. The molecule has 0 aromatic heterocycles. The molecular weight excluding hydrogens is 270 g/mol. The van der Waals surface area contributed by atoms with Gasteiger partial charge in [-0.05, 0) is 25.3 Å². The van der Waals surface area contributed by atoms with Crippen LogP contribution in [0.4, 0.5) is 0 Å². The van der Waals surface area contributed by atoms with Crippen molar-refractivity contribution in [3.05, 3.63) is 24.3 Å². The number of carbonyl (C=O) groups excluding carboxylic acids is 1. The molecular formula is C15H25NO3Si. The normalized spacial score (nSPS) is 11.5. The van der Waals surface area contributed by atoms with Crippen LogP contribution in [0.15, 0.2) is 24.3 Å². The number of hydrogen-bond donors (Lipinski definition) is 0. The second kappa shape index (κ2) is 7.45. The highest BCUT2D eigenvalue weighted by Gasteiger charge is 2.21. The zero-order chi connectivity index (χ0) is 15.2. The second-order valence-electron chi connectivity index (χ2n) is 6.06. The Kier molecular flexibility index (Phi) is 6.23. The van der Waals surface area contributed by atoms with Crippen LogP contribution in [0.1, 0.15) is 0 Å². The van der Waals surface area contributed by atoms with Crippen molar-refractivity contribution in [1.29, 1.82) is 0 Å². The summed E-state index contributed by atoms with van der Waals surface area (Å²) in [6, 6.07) is 7.94. The van der Waals surface area contributed by atoms with Gasteiger partial charge in [-0.1, -0.05) is 37.8 Å². The summed E-state index contributed by atoms with van der Waals surface area (Å²) in [6.07, 6.45) is 0. The fraction of sp³-hybridized carbons (Fsp3) is 0.533. The first-order valence-electron chi connectivity index (χ1n) is 6.83. The minimum atomic E-state index is -1.47. The highest BCUT2D eigenvalue weighted by molar-refractivity contribution is 6.89. The molecule has 0 bridgehead atoms. The number of hydrogen-bond acceptors (Lipinski definition) is 4. The van der Waals surface area contributed by atoms with E-state index >= 15 is 0 Å². The first kappa shape index (κ1) is 16.7. The predicted octanol–water partition coefficient (Wildman–Crippen LogP) is 1.72. The molecule has 0 unspecified atom stereocenters. The monoisotopic (exact) mass is 295 g/mol. The van der Waals surface area contributed by atoms with Crippen molar-refractivity contribution in [1.82, 2.24) is 4.90 Å². The highest BCUT2D eigenvalue weighted by Crippen LogP contribution is 2.13. The molecule has 0 amide bonds. The molecule has 0 saturated carbocycles. The van der Waals surface area contributed by atoms with Gasteiger partial charge in [-0.25, -0.2) is 4.79 Å². The van der Waals surface area contributed by atoms with E-state index < -0.39 is 8.07 Å². The zero-order valence-corrected chi connectivity index (χ0v) is 14.1. The van der Waals surface area contributed by atoms with Gasteiger partial charge >= 0.3 is 5.97 Å². The van der Waals surface area contributed by atoms with E-state index in [9.17, 15) is 4.79 Å². The molecule has 112 valence electrons. The standard InChI is InChI=1S/C15H25NO3Si/c1-16(2)10-11-18-15(17)12-19-13-8-6-7-9-14(13)20(3,4)5/h6-9H,10-12H2,1-5H3. The highest BCUT2D eigenvalue weighted by atomic mass is 28.3. The molecule has 0 N–H and O–H groups in total. The van der Waals surface area contributed by atoms with Gasteiger partial charge in [0.2, 0.25) is 0 Å². The van der Waals surface area contributed by atoms with Crippen molar-refractivity contribution in [2.24, 2.45) is 0 Å². The number of esters is 1. The Balaban J connectivity index is 2.52. The third kappa shape index (κ3) is 5.75. The number of nitrogens with zero attached hydrogens (tertiary/aromatic N) is 1. The van der Waals surface area contributed by atoms with Crippen LogP contribution < -0.4 is 9.92 Å². The van der Waals surface area contributed by atoms with Crippen LogP contribution in [0.2, 0.25) is 19.6 Å². The summed E-state index contributed by atoms with van der Waals surface area (Å²) in [7, 11) is 2.40. The Hall–Kier alpha value is -1.33. The Labute approximate surface area is 122 Å². The molecule has 0 fully saturated rings. The average molecular weight is 295 g/mol. The molecule has 0 aliphatic carbocycles. The summed E-state index contributed by atoms with van der Waals surface area (Å²) in [5.74, 6) is 0.480. The quantitative estimate of drug-likeness (QED) is 0.567. The predicted molar refractivity (Wildman–Crippen MR) is 84.4 cm³/mol. The molecule has 20 heavy (non-hydrogen) atoms. The van der Waals surface area contributed by atoms with Gasteiger partial charge in [-0.2, -0.15) is 0 Å². The van der Waals surface area contributed by atoms with E-state index in [4.69, 9.17) is 9.47 Å². The van der Waals surface area contributed by atoms with Crippen molar-refractivity contribution in [3.63, 3.8) is 0 Å². The van der Waals surface area contributed by atoms with Gasteiger partial charge in [0.15, 0.2) is 6.61 Å². The fourth-order valence-corrected chi connectivity index (χ4v) is 3.22. The fourth-order valence-electron chi connectivity index (χ4n) is 1.73. The molecule has 0 radical (unpaired) electrons. The van der Waals surface area contributed by atoms with Crippen LogP contribution in [0.5, 0.6) is 5.75 Å². The van der Waals surface area contributed by atoms with E-state index in [1.807, 2.05) is 37.2 Å².